The predicted octanol–water partition coefficient (Wildman–Crippen LogP) is 1.68. The van der Waals surface area contributed by atoms with E-state index in [2.05, 4.69) is 10.5 Å². The average molecular weight is 208 g/mol. The maximum absolute atomic E-state index is 8.80. The van der Waals surface area contributed by atoms with Crippen molar-refractivity contribution in [2.45, 2.75) is 20.1 Å². The van der Waals surface area contributed by atoms with Crippen LogP contribution in [0.5, 0.6) is 0 Å². The fourth-order valence-corrected chi connectivity index (χ4v) is 1.23. The van der Waals surface area contributed by atoms with Crippen molar-refractivity contribution in [3.05, 3.63) is 35.5 Å². The van der Waals surface area contributed by atoms with E-state index in [1.165, 1.54) is 0 Å². The van der Waals surface area contributed by atoms with Gasteiger partial charge < -0.3 is 19.4 Å². The molecule has 0 unspecified atom stereocenters. The lowest BCUT2D eigenvalue weighted by atomic mass is 10.4. The van der Waals surface area contributed by atoms with Gasteiger partial charge in [-0.1, -0.05) is 5.16 Å². The van der Waals surface area contributed by atoms with Crippen molar-refractivity contribution in [3.8, 4) is 0 Å². The van der Waals surface area contributed by atoms with Gasteiger partial charge in [-0.3, -0.25) is 0 Å². The first-order chi connectivity index (χ1) is 7.28. The normalized spacial score (nSPS) is 10.5. The summed E-state index contributed by atoms with van der Waals surface area (Å²) in [4.78, 5) is 0. The van der Waals surface area contributed by atoms with Gasteiger partial charge in [-0.15, -0.1) is 0 Å². The minimum absolute atomic E-state index is 0.0803. The van der Waals surface area contributed by atoms with E-state index < -0.39 is 0 Å². The molecule has 80 valence electrons. The van der Waals surface area contributed by atoms with Crippen molar-refractivity contribution in [3.63, 3.8) is 0 Å². The lowest BCUT2D eigenvalue weighted by Crippen LogP contribution is -1.97. The predicted molar refractivity (Wildman–Crippen MR) is 53.2 cm³/mol. The summed E-state index contributed by atoms with van der Waals surface area (Å²) < 4.78 is 10.2. The molecular formula is C10H12N2O3. The van der Waals surface area contributed by atoms with Crippen molar-refractivity contribution >= 4 is 5.82 Å². The molecule has 0 spiro atoms. The van der Waals surface area contributed by atoms with Gasteiger partial charge in [-0.05, 0) is 19.1 Å². The monoisotopic (exact) mass is 208 g/mol. The van der Waals surface area contributed by atoms with E-state index in [4.69, 9.17) is 14.0 Å². The van der Waals surface area contributed by atoms with Crippen molar-refractivity contribution in [1.29, 1.82) is 0 Å². The minimum atomic E-state index is -0.0803. The summed E-state index contributed by atoms with van der Waals surface area (Å²) in [5.41, 5.74) is 0. The number of aromatic nitrogens is 1. The van der Waals surface area contributed by atoms with Crippen LogP contribution in [0, 0.1) is 6.92 Å². The van der Waals surface area contributed by atoms with Gasteiger partial charge in [0, 0.05) is 6.07 Å². The second-order valence-electron chi connectivity index (χ2n) is 3.20. The summed E-state index contributed by atoms with van der Waals surface area (Å²) in [6.45, 7) is 2.27. The number of anilines is 1. The van der Waals surface area contributed by atoms with E-state index in [0.717, 1.165) is 11.5 Å². The molecule has 2 N–H and O–H groups in total. The topological polar surface area (TPSA) is 71.4 Å². The smallest absolute Gasteiger partial charge is 0.169 e. The molecule has 15 heavy (non-hydrogen) atoms. The molecule has 0 saturated heterocycles. The zero-order valence-corrected chi connectivity index (χ0v) is 8.36. The van der Waals surface area contributed by atoms with Crippen LogP contribution < -0.4 is 5.32 Å². The van der Waals surface area contributed by atoms with Gasteiger partial charge in [0.2, 0.25) is 0 Å². The molecule has 2 heterocycles. The van der Waals surface area contributed by atoms with Crippen LogP contribution in [0.1, 0.15) is 17.3 Å². The van der Waals surface area contributed by atoms with E-state index >= 15 is 0 Å². The lowest BCUT2D eigenvalue weighted by Gasteiger charge is -1.97. The highest BCUT2D eigenvalue weighted by atomic mass is 16.5. The van der Waals surface area contributed by atoms with Gasteiger partial charge in [0.1, 0.15) is 23.9 Å². The Morgan fingerprint density at radius 3 is 2.80 bits per heavy atom. The third-order valence-corrected chi connectivity index (χ3v) is 1.94. The highest BCUT2D eigenvalue weighted by Gasteiger charge is 2.03. The van der Waals surface area contributed by atoms with E-state index in [9.17, 15) is 0 Å². The molecule has 0 fully saturated rings. The minimum Gasteiger partial charge on any atom is -0.462 e. The quantitative estimate of drug-likeness (QED) is 0.799. The molecule has 2 aromatic rings. The van der Waals surface area contributed by atoms with Gasteiger partial charge in [0.05, 0.1) is 6.54 Å². The SMILES string of the molecule is Cc1cc(NCc2ccc(CO)o2)no1. The number of aryl methyl sites for hydroxylation is 1. The van der Waals surface area contributed by atoms with Gasteiger partial charge >= 0.3 is 0 Å². The number of rotatable bonds is 4. The Labute approximate surface area is 86.7 Å². The zero-order chi connectivity index (χ0) is 10.7. The fourth-order valence-electron chi connectivity index (χ4n) is 1.23. The summed E-state index contributed by atoms with van der Waals surface area (Å²) in [6, 6.07) is 5.35. The highest BCUT2D eigenvalue weighted by molar-refractivity contribution is 5.33. The van der Waals surface area contributed by atoms with Crippen LogP contribution in [0.4, 0.5) is 5.82 Å². The second-order valence-corrected chi connectivity index (χ2v) is 3.20. The number of hydrogen-bond acceptors (Lipinski definition) is 5. The van der Waals surface area contributed by atoms with Crippen LogP contribution in [-0.2, 0) is 13.2 Å². The Bertz CT molecular complexity index is 433. The van der Waals surface area contributed by atoms with E-state index in [1.54, 1.807) is 12.1 Å². The average Bonchev–Trinajstić information content (AvgIpc) is 2.83. The summed E-state index contributed by atoms with van der Waals surface area (Å²) in [6.07, 6.45) is 0. The molecule has 0 aliphatic heterocycles. The number of hydrogen-bond donors (Lipinski definition) is 2. The van der Waals surface area contributed by atoms with Gasteiger partial charge in [-0.25, -0.2) is 0 Å². The first-order valence-corrected chi connectivity index (χ1v) is 4.63. The standard InChI is InChI=1S/C10H12N2O3/c1-7-4-10(12-15-7)11-5-8-2-3-9(6-13)14-8/h2-4,13H,5-6H2,1H3,(H,11,12). The van der Waals surface area contributed by atoms with E-state index in [-0.39, 0.29) is 6.61 Å². The maximum Gasteiger partial charge on any atom is 0.169 e. The molecule has 0 aromatic carbocycles. The Morgan fingerprint density at radius 1 is 1.40 bits per heavy atom. The zero-order valence-electron chi connectivity index (χ0n) is 8.36. The Kier molecular flexibility index (Phi) is 2.73. The molecule has 5 nitrogen and oxygen atoms in total. The molecule has 5 heteroatoms. The van der Waals surface area contributed by atoms with Crippen LogP contribution >= 0.6 is 0 Å². The molecule has 0 saturated carbocycles. The molecule has 0 aliphatic carbocycles. The number of nitrogens with zero attached hydrogens (tertiary/aromatic N) is 1. The Balaban J connectivity index is 1.93. The van der Waals surface area contributed by atoms with Gasteiger partial charge in [-0.2, -0.15) is 0 Å². The summed E-state index contributed by atoms with van der Waals surface area (Å²) >= 11 is 0. The van der Waals surface area contributed by atoms with E-state index in [1.807, 2.05) is 13.0 Å². The van der Waals surface area contributed by atoms with Crippen molar-refractivity contribution in [2.75, 3.05) is 5.32 Å². The van der Waals surface area contributed by atoms with Crippen molar-refractivity contribution in [1.82, 2.24) is 5.16 Å². The third-order valence-electron chi connectivity index (χ3n) is 1.94. The number of furan rings is 1. The molecular weight excluding hydrogens is 196 g/mol. The first kappa shape index (κ1) is 9.79. The highest BCUT2D eigenvalue weighted by Crippen LogP contribution is 2.11. The molecule has 0 aliphatic rings. The van der Waals surface area contributed by atoms with Crippen molar-refractivity contribution < 1.29 is 14.0 Å². The first-order valence-electron chi connectivity index (χ1n) is 4.63. The molecule has 2 rings (SSSR count). The molecule has 2 aromatic heterocycles. The second kappa shape index (κ2) is 4.18. The van der Waals surface area contributed by atoms with Crippen LogP contribution in [-0.4, -0.2) is 10.3 Å². The van der Waals surface area contributed by atoms with Crippen LogP contribution in [0.15, 0.2) is 27.1 Å². The van der Waals surface area contributed by atoms with Crippen LogP contribution in [0.2, 0.25) is 0 Å². The summed E-state index contributed by atoms with van der Waals surface area (Å²) in [5, 5.41) is 15.6. The van der Waals surface area contributed by atoms with Crippen molar-refractivity contribution in [2.24, 2.45) is 0 Å². The third kappa shape index (κ3) is 2.38. The number of nitrogens with one attached hydrogen (secondary N) is 1. The molecule has 0 radical (unpaired) electrons. The van der Waals surface area contributed by atoms with Crippen LogP contribution in [0.3, 0.4) is 0 Å². The fraction of sp³-hybridized carbons (Fsp3) is 0.300. The van der Waals surface area contributed by atoms with Gasteiger partial charge in [0.15, 0.2) is 5.82 Å². The molecule has 0 atom stereocenters. The molecule has 0 bridgehead atoms. The summed E-state index contributed by atoms with van der Waals surface area (Å²) in [5.74, 6) is 2.74. The van der Waals surface area contributed by atoms with Crippen LogP contribution in [0.25, 0.3) is 0 Å². The number of aliphatic hydroxyl groups excluding tert-OH is 1. The maximum atomic E-state index is 8.80. The Morgan fingerprint density at radius 2 is 2.20 bits per heavy atom. The Hall–Kier alpha value is -1.75. The largest absolute Gasteiger partial charge is 0.462 e. The summed E-state index contributed by atoms with van der Waals surface area (Å²) in [7, 11) is 0. The lowest BCUT2D eigenvalue weighted by molar-refractivity contribution is 0.244. The number of aliphatic hydroxyl groups is 1. The van der Waals surface area contributed by atoms with Gasteiger partial charge in [0.25, 0.3) is 0 Å². The molecule has 0 amide bonds. The van der Waals surface area contributed by atoms with E-state index in [0.29, 0.717) is 18.1 Å².